The minimum Gasteiger partial charge on any atom is -0.457 e. The molecule has 33 heavy (non-hydrogen) atoms. The molecule has 5 rings (SSSR count). The molecule has 0 spiro atoms. The average molecular weight is 463 g/mol. The topological polar surface area (TPSA) is 55.2 Å². The third-order valence-electron chi connectivity index (χ3n) is 6.00. The largest absolute Gasteiger partial charge is 0.457 e. The fraction of sp³-hybridized carbons (Fsp3) is 0.280. The van der Waals surface area contributed by atoms with Crippen molar-refractivity contribution in [2.45, 2.75) is 19.6 Å². The summed E-state index contributed by atoms with van der Waals surface area (Å²) in [5, 5.41) is 3.37. The van der Waals surface area contributed by atoms with Gasteiger partial charge in [0.15, 0.2) is 0 Å². The number of hydrogen-bond acceptors (Lipinski definition) is 5. The van der Waals surface area contributed by atoms with Gasteiger partial charge in [0.1, 0.15) is 17.4 Å². The Bertz CT molecular complexity index is 1250. The van der Waals surface area contributed by atoms with Gasteiger partial charge in [0.05, 0.1) is 17.6 Å². The molecular weight excluding hydrogens is 436 g/mol. The van der Waals surface area contributed by atoms with Crippen LogP contribution < -0.4 is 15.0 Å². The second kappa shape index (κ2) is 9.46. The van der Waals surface area contributed by atoms with Crippen molar-refractivity contribution in [2.24, 2.45) is 0 Å². The number of para-hydroxylation sites is 1. The number of aryl methyl sites for hydroxylation is 1. The van der Waals surface area contributed by atoms with Crippen LogP contribution in [0, 0.1) is 6.92 Å². The second-order valence-corrected chi connectivity index (χ2v) is 8.69. The quantitative estimate of drug-likeness (QED) is 0.431. The first kappa shape index (κ1) is 21.8. The van der Waals surface area contributed by atoms with E-state index in [4.69, 9.17) is 14.7 Å². The van der Waals surface area contributed by atoms with Crippen LogP contribution in [-0.4, -0.2) is 46.8 Å². The number of piperazine rings is 1. The lowest BCUT2D eigenvalue weighted by Gasteiger charge is -2.28. The van der Waals surface area contributed by atoms with E-state index < -0.39 is 6.10 Å². The molecule has 0 bridgehead atoms. The van der Waals surface area contributed by atoms with E-state index in [0.29, 0.717) is 12.3 Å². The minimum absolute atomic E-state index is 0.533. The molecule has 0 saturated carbocycles. The lowest BCUT2D eigenvalue weighted by Crippen LogP contribution is -2.43. The van der Waals surface area contributed by atoms with Gasteiger partial charge in [0.25, 0.3) is 0 Å². The molecule has 2 aromatic carbocycles. The number of hydrogen-bond donors (Lipinski definition) is 1. The van der Waals surface area contributed by atoms with Gasteiger partial charge < -0.3 is 19.5 Å². The van der Waals surface area contributed by atoms with Gasteiger partial charge in [-0.1, -0.05) is 33.5 Å². The molecule has 0 aliphatic carbocycles. The lowest BCUT2D eigenvalue weighted by atomic mass is 10.1. The molecule has 170 valence electrons. The molecule has 8 heteroatoms. The van der Waals surface area contributed by atoms with Crippen LogP contribution in [-0.2, 0) is 6.54 Å². The van der Waals surface area contributed by atoms with Crippen LogP contribution in [0.5, 0.6) is 5.75 Å². The van der Waals surface area contributed by atoms with E-state index in [9.17, 15) is 4.39 Å². The summed E-state index contributed by atoms with van der Waals surface area (Å²) in [6, 6.07) is 18.0. The van der Waals surface area contributed by atoms with Gasteiger partial charge in [0.2, 0.25) is 6.10 Å². The van der Waals surface area contributed by atoms with Crippen molar-refractivity contribution in [3.05, 3.63) is 72.2 Å². The summed E-state index contributed by atoms with van der Waals surface area (Å²) >= 11 is 0. The molecule has 1 fully saturated rings. The molecule has 2 unspecified atom stereocenters. The Kier molecular flexibility index (Phi) is 6.25. The number of pyridine rings is 1. The Morgan fingerprint density at radius 1 is 1.09 bits per heavy atom. The summed E-state index contributed by atoms with van der Waals surface area (Å²) in [6.07, 6.45) is 0.491. The Balaban J connectivity index is 1.46. The molecule has 0 radical (unpaired) electrons. The SMILES string of the molecule is Cc1nc2ccc(-c3ccc(N4CCNCC4)nc3)cc2n1Cc1ccccc1OC(F)P. The predicted octanol–water partition coefficient (Wildman–Crippen LogP) is 4.37. The highest BCUT2D eigenvalue weighted by Gasteiger charge is 2.14. The smallest absolute Gasteiger partial charge is 0.249 e. The van der Waals surface area contributed by atoms with Crippen LogP contribution in [0.4, 0.5) is 10.2 Å². The number of nitrogens with one attached hydrogen (secondary N) is 1. The van der Waals surface area contributed by atoms with Crippen molar-refractivity contribution in [3.8, 4) is 16.9 Å². The fourth-order valence-electron chi connectivity index (χ4n) is 4.30. The van der Waals surface area contributed by atoms with Crippen LogP contribution in [0.2, 0.25) is 0 Å². The highest BCUT2D eigenvalue weighted by molar-refractivity contribution is 7.16. The van der Waals surface area contributed by atoms with Gasteiger partial charge in [-0.25, -0.2) is 9.97 Å². The number of fused-ring (bicyclic) bond motifs is 1. The molecule has 0 amide bonds. The monoisotopic (exact) mass is 463 g/mol. The first-order valence-corrected chi connectivity index (χ1v) is 11.8. The Morgan fingerprint density at radius 2 is 1.88 bits per heavy atom. The summed E-state index contributed by atoms with van der Waals surface area (Å²) in [6.45, 7) is 6.45. The van der Waals surface area contributed by atoms with Crippen LogP contribution >= 0.6 is 9.24 Å². The zero-order valence-corrected chi connectivity index (χ0v) is 19.7. The normalized spacial score (nSPS) is 15.1. The van der Waals surface area contributed by atoms with Crippen LogP contribution in [0.25, 0.3) is 22.2 Å². The van der Waals surface area contributed by atoms with Crippen molar-refractivity contribution in [3.63, 3.8) is 0 Å². The fourth-order valence-corrected chi connectivity index (χ4v) is 4.45. The maximum absolute atomic E-state index is 13.5. The van der Waals surface area contributed by atoms with Crippen molar-refractivity contribution in [1.82, 2.24) is 19.9 Å². The van der Waals surface area contributed by atoms with E-state index >= 15 is 0 Å². The molecule has 2 aromatic heterocycles. The predicted molar refractivity (Wildman–Crippen MR) is 134 cm³/mol. The van der Waals surface area contributed by atoms with Gasteiger partial charge in [-0.15, -0.1) is 0 Å². The Hall–Kier alpha value is -3.02. The van der Waals surface area contributed by atoms with E-state index in [2.05, 4.69) is 39.0 Å². The molecule has 6 nitrogen and oxygen atoms in total. The number of benzene rings is 2. The van der Waals surface area contributed by atoms with E-state index in [-0.39, 0.29) is 0 Å². The maximum Gasteiger partial charge on any atom is 0.249 e. The van der Waals surface area contributed by atoms with Crippen molar-refractivity contribution < 1.29 is 9.13 Å². The number of anilines is 1. The number of ether oxygens (including phenoxy) is 1. The molecule has 3 heterocycles. The number of halogens is 1. The first-order chi connectivity index (χ1) is 16.1. The average Bonchev–Trinajstić information content (AvgIpc) is 3.15. The molecule has 1 aliphatic rings. The standard InChI is InChI=1S/C25H27FN5OP/c1-17-29-21-8-6-18(19-7-9-24(28-15-19)30-12-10-27-11-13-30)14-22(21)31(17)16-20-4-2-3-5-23(20)32-25(26)33/h2-9,14-15,25,27H,10-13,16,33H2,1H3. The maximum atomic E-state index is 13.5. The molecular formula is C25H27FN5OP. The van der Waals surface area contributed by atoms with Crippen molar-refractivity contribution in [2.75, 3.05) is 31.1 Å². The third-order valence-corrected chi connectivity index (χ3v) is 6.14. The zero-order valence-electron chi connectivity index (χ0n) is 18.5. The van der Waals surface area contributed by atoms with Crippen LogP contribution in [0.15, 0.2) is 60.8 Å². The Morgan fingerprint density at radius 3 is 2.64 bits per heavy atom. The number of nitrogens with zero attached hydrogens (tertiary/aromatic N) is 4. The van der Waals surface area contributed by atoms with Crippen LogP contribution in [0.1, 0.15) is 11.4 Å². The summed E-state index contributed by atoms with van der Waals surface area (Å²) in [5.74, 6) is 2.44. The van der Waals surface area contributed by atoms with Crippen molar-refractivity contribution >= 4 is 26.1 Å². The molecule has 1 N–H and O–H groups in total. The minimum atomic E-state index is -1.45. The highest BCUT2D eigenvalue weighted by Crippen LogP contribution is 2.28. The Labute approximate surface area is 195 Å². The third kappa shape index (κ3) is 4.70. The summed E-state index contributed by atoms with van der Waals surface area (Å²) in [5.41, 5.74) is 5.00. The van der Waals surface area contributed by atoms with Gasteiger partial charge in [0, 0.05) is 43.5 Å². The van der Waals surface area contributed by atoms with Gasteiger partial charge in [-0.2, -0.15) is 4.39 Å². The number of imidazole rings is 1. The zero-order chi connectivity index (χ0) is 22.8. The molecule has 1 aliphatic heterocycles. The van der Waals surface area contributed by atoms with E-state index in [1.54, 1.807) is 6.07 Å². The molecule has 2 atom stereocenters. The number of alkyl halides is 1. The number of rotatable bonds is 6. The molecule has 4 aromatic rings. The van der Waals surface area contributed by atoms with E-state index in [1.807, 2.05) is 46.6 Å². The van der Waals surface area contributed by atoms with Gasteiger partial charge in [-0.05, 0) is 42.8 Å². The van der Waals surface area contributed by atoms with Crippen molar-refractivity contribution in [1.29, 1.82) is 0 Å². The summed E-state index contributed by atoms with van der Waals surface area (Å²) in [4.78, 5) is 11.7. The lowest BCUT2D eigenvalue weighted by molar-refractivity contribution is 0.152. The first-order valence-electron chi connectivity index (χ1n) is 11.1. The van der Waals surface area contributed by atoms with E-state index in [0.717, 1.165) is 65.5 Å². The van der Waals surface area contributed by atoms with Gasteiger partial charge in [-0.3, -0.25) is 0 Å². The number of aromatic nitrogens is 3. The summed E-state index contributed by atoms with van der Waals surface area (Å²) < 4.78 is 21.0. The molecule has 1 saturated heterocycles. The second-order valence-electron chi connectivity index (χ2n) is 8.17. The summed E-state index contributed by atoms with van der Waals surface area (Å²) in [7, 11) is 2.03. The van der Waals surface area contributed by atoms with Crippen LogP contribution in [0.3, 0.4) is 0 Å². The van der Waals surface area contributed by atoms with Gasteiger partial charge >= 0.3 is 0 Å². The highest BCUT2D eigenvalue weighted by atomic mass is 31.0. The van der Waals surface area contributed by atoms with E-state index in [1.165, 1.54) is 0 Å².